The summed E-state index contributed by atoms with van der Waals surface area (Å²) in [5, 5.41) is 2.92. The lowest BCUT2D eigenvalue weighted by atomic mass is 9.98. The van der Waals surface area contributed by atoms with E-state index in [1.54, 1.807) is 0 Å². The van der Waals surface area contributed by atoms with Gasteiger partial charge in [-0.2, -0.15) is 0 Å². The first-order valence-electron chi connectivity index (χ1n) is 5.13. The minimum Gasteiger partial charge on any atom is -0.351 e. The predicted molar refractivity (Wildman–Crippen MR) is 56.9 cm³/mol. The van der Waals surface area contributed by atoms with Crippen molar-refractivity contribution in [2.24, 2.45) is 5.73 Å². The van der Waals surface area contributed by atoms with E-state index in [1.165, 1.54) is 0 Å². The number of nitrogens with two attached hydrogens (primary N) is 1. The first kappa shape index (κ1) is 11.5. The zero-order valence-corrected chi connectivity index (χ0v) is 9.50. The van der Waals surface area contributed by atoms with Gasteiger partial charge in [-0.3, -0.25) is 9.69 Å². The number of piperazine rings is 1. The Hall–Kier alpha value is -0.610. The Kier molecular flexibility index (Phi) is 3.17. The third-order valence-electron chi connectivity index (χ3n) is 2.62. The van der Waals surface area contributed by atoms with Crippen LogP contribution in [-0.2, 0) is 4.79 Å². The molecule has 0 spiro atoms. The maximum atomic E-state index is 11.7. The summed E-state index contributed by atoms with van der Waals surface area (Å²) in [6.07, 6.45) is 0. The monoisotopic (exact) mass is 199 g/mol. The Balaban J connectivity index is 2.84. The largest absolute Gasteiger partial charge is 0.351 e. The van der Waals surface area contributed by atoms with Crippen molar-refractivity contribution in [1.29, 1.82) is 0 Å². The molecule has 3 N–H and O–H groups in total. The van der Waals surface area contributed by atoms with Crippen LogP contribution in [0.3, 0.4) is 0 Å². The van der Waals surface area contributed by atoms with Gasteiger partial charge in [0.15, 0.2) is 0 Å². The molecule has 2 unspecified atom stereocenters. The summed E-state index contributed by atoms with van der Waals surface area (Å²) < 4.78 is 0. The number of nitrogens with one attached hydrogen (secondary N) is 1. The van der Waals surface area contributed by atoms with E-state index in [4.69, 9.17) is 5.73 Å². The van der Waals surface area contributed by atoms with Crippen molar-refractivity contribution in [3.05, 3.63) is 0 Å². The number of hydrogen-bond acceptors (Lipinski definition) is 3. The minimum absolute atomic E-state index is 0.00391. The van der Waals surface area contributed by atoms with Crippen LogP contribution in [0.25, 0.3) is 0 Å². The molecule has 1 rings (SSSR count). The van der Waals surface area contributed by atoms with Gasteiger partial charge in [0, 0.05) is 24.7 Å². The third kappa shape index (κ3) is 2.25. The summed E-state index contributed by atoms with van der Waals surface area (Å²) in [5.41, 5.74) is 5.62. The predicted octanol–water partition coefficient (Wildman–Crippen LogP) is -0.0675. The average molecular weight is 199 g/mol. The van der Waals surface area contributed by atoms with Crippen LogP contribution < -0.4 is 11.1 Å². The Morgan fingerprint density at radius 2 is 2.14 bits per heavy atom. The van der Waals surface area contributed by atoms with Gasteiger partial charge in [0.05, 0.1) is 0 Å². The fourth-order valence-electron chi connectivity index (χ4n) is 1.92. The highest BCUT2D eigenvalue weighted by Gasteiger charge is 2.37. The molecule has 82 valence electrons. The Bertz CT molecular complexity index is 222. The second kappa shape index (κ2) is 3.87. The number of carbonyl (C=O) groups is 1. The number of carbonyl (C=O) groups excluding carboxylic acids is 1. The first-order chi connectivity index (χ1) is 6.36. The molecule has 14 heavy (non-hydrogen) atoms. The molecular formula is C10H21N3O. The minimum atomic E-state index is -0.175. The first-order valence-corrected chi connectivity index (χ1v) is 5.13. The maximum absolute atomic E-state index is 11.7. The van der Waals surface area contributed by atoms with Crippen molar-refractivity contribution in [2.75, 3.05) is 13.1 Å². The van der Waals surface area contributed by atoms with Gasteiger partial charge in [-0.05, 0) is 27.7 Å². The van der Waals surface area contributed by atoms with Crippen LogP contribution >= 0.6 is 0 Å². The fourth-order valence-corrected chi connectivity index (χ4v) is 1.92. The van der Waals surface area contributed by atoms with E-state index in [0.717, 1.165) is 6.54 Å². The van der Waals surface area contributed by atoms with E-state index in [9.17, 15) is 4.79 Å². The van der Waals surface area contributed by atoms with Gasteiger partial charge >= 0.3 is 0 Å². The van der Waals surface area contributed by atoms with Crippen molar-refractivity contribution >= 4 is 5.91 Å². The molecular weight excluding hydrogens is 178 g/mol. The Morgan fingerprint density at radius 3 is 2.57 bits per heavy atom. The topological polar surface area (TPSA) is 58.4 Å². The van der Waals surface area contributed by atoms with Crippen LogP contribution in [0, 0.1) is 0 Å². The van der Waals surface area contributed by atoms with E-state index in [0.29, 0.717) is 6.54 Å². The van der Waals surface area contributed by atoms with Crippen LogP contribution in [0.15, 0.2) is 0 Å². The summed E-state index contributed by atoms with van der Waals surface area (Å²) in [7, 11) is 0. The second-order valence-corrected chi connectivity index (χ2v) is 4.98. The Morgan fingerprint density at radius 1 is 1.57 bits per heavy atom. The normalized spacial score (nSPS) is 30.2. The molecule has 1 fully saturated rings. The molecule has 0 aromatic heterocycles. The quantitative estimate of drug-likeness (QED) is 0.621. The zero-order chi connectivity index (χ0) is 10.9. The molecule has 1 saturated heterocycles. The molecule has 0 radical (unpaired) electrons. The zero-order valence-electron chi connectivity index (χ0n) is 9.50. The number of amides is 1. The fraction of sp³-hybridized carbons (Fsp3) is 0.900. The molecule has 0 aliphatic carbocycles. The van der Waals surface area contributed by atoms with Gasteiger partial charge in [0.2, 0.25) is 5.91 Å². The molecule has 4 heteroatoms. The highest BCUT2D eigenvalue weighted by molar-refractivity contribution is 5.83. The molecule has 4 nitrogen and oxygen atoms in total. The summed E-state index contributed by atoms with van der Waals surface area (Å²) in [6.45, 7) is 9.61. The molecule has 1 amide bonds. The number of rotatable bonds is 1. The van der Waals surface area contributed by atoms with Crippen LogP contribution in [0.4, 0.5) is 0 Å². The molecule has 0 bridgehead atoms. The van der Waals surface area contributed by atoms with Crippen molar-refractivity contribution in [2.45, 2.75) is 45.3 Å². The SMILES string of the molecule is CC1CN(C(C)(C)C)C(CN)C(=O)N1. The average Bonchev–Trinajstić information content (AvgIpc) is 2.01. The molecule has 0 aromatic rings. The van der Waals surface area contributed by atoms with E-state index in [1.807, 2.05) is 6.92 Å². The van der Waals surface area contributed by atoms with E-state index < -0.39 is 0 Å². The van der Waals surface area contributed by atoms with Crippen molar-refractivity contribution < 1.29 is 4.79 Å². The summed E-state index contributed by atoms with van der Waals surface area (Å²) in [6, 6.07) is 0.0377. The smallest absolute Gasteiger partial charge is 0.238 e. The van der Waals surface area contributed by atoms with E-state index in [-0.39, 0.29) is 23.5 Å². The van der Waals surface area contributed by atoms with Crippen molar-refractivity contribution in [3.8, 4) is 0 Å². The van der Waals surface area contributed by atoms with E-state index in [2.05, 4.69) is 31.0 Å². The lowest BCUT2D eigenvalue weighted by Gasteiger charge is -2.45. The molecule has 1 aliphatic rings. The van der Waals surface area contributed by atoms with Gasteiger partial charge in [-0.1, -0.05) is 0 Å². The van der Waals surface area contributed by atoms with Crippen LogP contribution in [0.5, 0.6) is 0 Å². The van der Waals surface area contributed by atoms with Gasteiger partial charge in [-0.15, -0.1) is 0 Å². The highest BCUT2D eigenvalue weighted by Crippen LogP contribution is 2.20. The maximum Gasteiger partial charge on any atom is 0.238 e. The molecule has 1 aliphatic heterocycles. The van der Waals surface area contributed by atoms with Gasteiger partial charge in [0.1, 0.15) is 6.04 Å². The van der Waals surface area contributed by atoms with E-state index >= 15 is 0 Å². The standard InChI is InChI=1S/C10H21N3O/c1-7-6-13(10(2,3)4)8(5-11)9(14)12-7/h7-8H,5-6,11H2,1-4H3,(H,12,14). The highest BCUT2D eigenvalue weighted by atomic mass is 16.2. The summed E-state index contributed by atoms with van der Waals surface area (Å²) in [4.78, 5) is 13.8. The number of nitrogens with zero attached hydrogens (tertiary/aromatic N) is 1. The summed E-state index contributed by atoms with van der Waals surface area (Å²) in [5.74, 6) is 0.0566. The lowest BCUT2D eigenvalue weighted by Crippen LogP contribution is -2.65. The summed E-state index contributed by atoms with van der Waals surface area (Å²) >= 11 is 0. The van der Waals surface area contributed by atoms with Crippen LogP contribution in [0.1, 0.15) is 27.7 Å². The number of hydrogen-bond donors (Lipinski definition) is 2. The Labute approximate surface area is 85.8 Å². The van der Waals surface area contributed by atoms with Gasteiger partial charge < -0.3 is 11.1 Å². The van der Waals surface area contributed by atoms with Crippen LogP contribution in [0.2, 0.25) is 0 Å². The lowest BCUT2D eigenvalue weighted by molar-refractivity contribution is -0.133. The van der Waals surface area contributed by atoms with Crippen molar-refractivity contribution in [1.82, 2.24) is 10.2 Å². The molecule has 0 aromatic carbocycles. The van der Waals surface area contributed by atoms with Crippen LogP contribution in [-0.4, -0.2) is 41.5 Å². The molecule has 1 heterocycles. The van der Waals surface area contributed by atoms with Crippen molar-refractivity contribution in [3.63, 3.8) is 0 Å². The second-order valence-electron chi connectivity index (χ2n) is 4.98. The molecule has 0 saturated carbocycles. The van der Waals surface area contributed by atoms with Gasteiger partial charge in [0.25, 0.3) is 0 Å². The third-order valence-corrected chi connectivity index (χ3v) is 2.62. The van der Waals surface area contributed by atoms with Gasteiger partial charge in [-0.25, -0.2) is 0 Å². The molecule has 2 atom stereocenters.